The first-order valence-corrected chi connectivity index (χ1v) is 9.36. The Morgan fingerprint density at radius 3 is 2.73 bits per heavy atom. The molecule has 1 aromatic heterocycles. The Morgan fingerprint density at radius 1 is 1.13 bits per heavy atom. The number of hydrogen-bond acceptors (Lipinski definition) is 7. The van der Waals surface area contributed by atoms with E-state index in [0.29, 0.717) is 17.1 Å². The number of benzene rings is 2. The normalized spacial score (nSPS) is 14.0. The highest BCUT2D eigenvalue weighted by atomic mass is 16.6. The van der Waals surface area contributed by atoms with Crippen LogP contribution in [0.5, 0.6) is 0 Å². The Labute approximate surface area is 172 Å². The molecule has 0 unspecified atom stereocenters. The second-order valence-electron chi connectivity index (χ2n) is 6.75. The molecule has 2 heterocycles. The van der Waals surface area contributed by atoms with Gasteiger partial charge in [0.1, 0.15) is 11.5 Å². The molecule has 0 fully saturated rings. The minimum atomic E-state index is -0.472. The van der Waals surface area contributed by atoms with Crippen molar-refractivity contribution in [1.29, 1.82) is 0 Å². The molecule has 0 saturated heterocycles. The molecule has 0 aliphatic carbocycles. The lowest BCUT2D eigenvalue weighted by atomic mass is 10.00. The van der Waals surface area contributed by atoms with E-state index in [1.165, 1.54) is 29.6 Å². The number of para-hydroxylation sites is 1. The first kappa shape index (κ1) is 19.2. The average molecular weight is 401 g/mol. The van der Waals surface area contributed by atoms with Crippen LogP contribution in [0.3, 0.4) is 0 Å². The second-order valence-corrected chi connectivity index (χ2v) is 6.75. The second kappa shape index (κ2) is 8.48. The standard InChI is InChI=1S/C21H19N7O2/c22-21(26-24-11-16-6-3-4-8-19(16)28(29)30)18-12-23-13-20(25-18)27-10-9-15-5-1-2-7-17(15)14-27/h1-8,11-13H,9-10,14H2,(H2,22,26)/b24-11+. The van der Waals surface area contributed by atoms with E-state index >= 15 is 0 Å². The van der Waals surface area contributed by atoms with Gasteiger partial charge in [0, 0.05) is 19.2 Å². The highest BCUT2D eigenvalue weighted by Crippen LogP contribution is 2.22. The predicted octanol–water partition coefficient (Wildman–Crippen LogP) is 2.69. The Kier molecular flexibility index (Phi) is 5.42. The first-order valence-electron chi connectivity index (χ1n) is 9.36. The number of amidine groups is 1. The molecular formula is C21H19N7O2. The number of fused-ring (bicyclic) bond motifs is 1. The summed E-state index contributed by atoms with van der Waals surface area (Å²) in [6.45, 7) is 1.59. The van der Waals surface area contributed by atoms with Crippen LogP contribution in [0.2, 0.25) is 0 Å². The van der Waals surface area contributed by atoms with E-state index in [-0.39, 0.29) is 11.5 Å². The topological polar surface area (TPSA) is 123 Å². The summed E-state index contributed by atoms with van der Waals surface area (Å²) in [7, 11) is 0. The summed E-state index contributed by atoms with van der Waals surface area (Å²) >= 11 is 0. The lowest BCUT2D eigenvalue weighted by Gasteiger charge is -2.29. The highest BCUT2D eigenvalue weighted by molar-refractivity contribution is 5.96. The molecule has 3 aromatic rings. The summed E-state index contributed by atoms with van der Waals surface area (Å²) in [5.41, 5.74) is 9.31. The van der Waals surface area contributed by atoms with E-state index in [4.69, 9.17) is 5.73 Å². The van der Waals surface area contributed by atoms with Gasteiger partial charge in [-0.2, -0.15) is 5.10 Å². The van der Waals surface area contributed by atoms with Crippen LogP contribution in [0.15, 0.2) is 71.1 Å². The molecule has 0 spiro atoms. The minimum Gasteiger partial charge on any atom is -0.380 e. The average Bonchev–Trinajstić information content (AvgIpc) is 2.79. The third-order valence-electron chi connectivity index (χ3n) is 4.83. The molecule has 2 N–H and O–H groups in total. The van der Waals surface area contributed by atoms with Gasteiger partial charge in [-0.1, -0.05) is 36.4 Å². The third kappa shape index (κ3) is 4.14. The van der Waals surface area contributed by atoms with Crippen LogP contribution in [0, 0.1) is 10.1 Å². The van der Waals surface area contributed by atoms with Crippen molar-refractivity contribution in [3.05, 3.63) is 93.4 Å². The zero-order chi connectivity index (χ0) is 20.9. The summed E-state index contributed by atoms with van der Waals surface area (Å²) in [4.78, 5) is 21.5. The highest BCUT2D eigenvalue weighted by Gasteiger charge is 2.18. The Morgan fingerprint density at radius 2 is 1.90 bits per heavy atom. The van der Waals surface area contributed by atoms with Crippen molar-refractivity contribution >= 4 is 23.6 Å². The maximum absolute atomic E-state index is 11.1. The predicted molar refractivity (Wildman–Crippen MR) is 115 cm³/mol. The van der Waals surface area contributed by atoms with E-state index in [0.717, 1.165) is 19.5 Å². The van der Waals surface area contributed by atoms with Crippen LogP contribution in [0.1, 0.15) is 22.4 Å². The smallest absolute Gasteiger partial charge is 0.278 e. The Balaban J connectivity index is 1.52. The van der Waals surface area contributed by atoms with Gasteiger partial charge < -0.3 is 10.6 Å². The maximum Gasteiger partial charge on any atom is 0.278 e. The molecule has 0 radical (unpaired) electrons. The summed E-state index contributed by atoms with van der Waals surface area (Å²) in [5, 5.41) is 18.9. The van der Waals surface area contributed by atoms with Gasteiger partial charge in [0.25, 0.3) is 5.69 Å². The number of nitro benzene ring substituents is 1. The van der Waals surface area contributed by atoms with E-state index in [1.54, 1.807) is 24.4 Å². The molecule has 9 heteroatoms. The van der Waals surface area contributed by atoms with Gasteiger partial charge in [-0.3, -0.25) is 15.1 Å². The third-order valence-corrected chi connectivity index (χ3v) is 4.83. The van der Waals surface area contributed by atoms with Crippen LogP contribution in [-0.4, -0.2) is 33.5 Å². The van der Waals surface area contributed by atoms with Gasteiger partial charge in [0.15, 0.2) is 5.84 Å². The summed E-state index contributed by atoms with van der Waals surface area (Å²) < 4.78 is 0. The maximum atomic E-state index is 11.1. The number of nitrogens with zero attached hydrogens (tertiary/aromatic N) is 6. The number of nitro groups is 1. The fraction of sp³-hybridized carbons (Fsp3) is 0.143. The van der Waals surface area contributed by atoms with E-state index in [2.05, 4.69) is 43.3 Å². The monoisotopic (exact) mass is 401 g/mol. The van der Waals surface area contributed by atoms with Crippen molar-refractivity contribution in [2.24, 2.45) is 15.9 Å². The molecule has 0 bridgehead atoms. The van der Waals surface area contributed by atoms with Gasteiger partial charge in [0.05, 0.1) is 29.1 Å². The summed E-state index contributed by atoms with van der Waals surface area (Å²) in [6.07, 6.45) is 5.44. The molecule has 30 heavy (non-hydrogen) atoms. The zero-order valence-corrected chi connectivity index (χ0v) is 16.0. The molecule has 0 atom stereocenters. The number of aromatic nitrogens is 2. The van der Waals surface area contributed by atoms with E-state index in [9.17, 15) is 10.1 Å². The molecule has 0 saturated carbocycles. The van der Waals surface area contributed by atoms with Crippen LogP contribution >= 0.6 is 0 Å². The summed E-state index contributed by atoms with van der Waals surface area (Å²) in [6, 6.07) is 14.6. The molecule has 9 nitrogen and oxygen atoms in total. The fourth-order valence-corrected chi connectivity index (χ4v) is 3.29. The quantitative estimate of drug-likeness (QED) is 0.303. The molecule has 0 amide bonds. The van der Waals surface area contributed by atoms with Crippen molar-refractivity contribution in [3.8, 4) is 0 Å². The van der Waals surface area contributed by atoms with Crippen molar-refractivity contribution in [3.63, 3.8) is 0 Å². The fourth-order valence-electron chi connectivity index (χ4n) is 3.29. The lowest BCUT2D eigenvalue weighted by Crippen LogP contribution is -2.31. The van der Waals surface area contributed by atoms with Gasteiger partial charge in [0.2, 0.25) is 0 Å². The van der Waals surface area contributed by atoms with Crippen molar-refractivity contribution in [2.75, 3.05) is 11.4 Å². The van der Waals surface area contributed by atoms with Crippen molar-refractivity contribution in [1.82, 2.24) is 9.97 Å². The summed E-state index contributed by atoms with van der Waals surface area (Å²) in [5.74, 6) is 0.791. The van der Waals surface area contributed by atoms with Gasteiger partial charge in [-0.15, -0.1) is 5.10 Å². The largest absolute Gasteiger partial charge is 0.380 e. The Bertz CT molecular complexity index is 1140. The van der Waals surface area contributed by atoms with Gasteiger partial charge >= 0.3 is 0 Å². The SMILES string of the molecule is N/C(=N/N=C/c1ccccc1[N+](=O)[O-])c1cncc(N2CCc3ccccc3C2)n1. The number of hydrogen-bond donors (Lipinski definition) is 1. The van der Waals surface area contributed by atoms with E-state index < -0.39 is 4.92 Å². The Hall–Kier alpha value is -4.14. The van der Waals surface area contributed by atoms with Crippen molar-refractivity contribution in [2.45, 2.75) is 13.0 Å². The lowest BCUT2D eigenvalue weighted by molar-refractivity contribution is -0.385. The molecule has 2 aromatic carbocycles. The van der Waals surface area contributed by atoms with Gasteiger partial charge in [-0.05, 0) is 23.6 Å². The van der Waals surface area contributed by atoms with Crippen LogP contribution < -0.4 is 10.6 Å². The van der Waals surface area contributed by atoms with Gasteiger partial charge in [-0.25, -0.2) is 4.98 Å². The van der Waals surface area contributed by atoms with Crippen LogP contribution in [0.4, 0.5) is 11.5 Å². The molecular weight excluding hydrogens is 382 g/mol. The number of nitrogens with two attached hydrogens (primary N) is 1. The molecule has 1 aliphatic rings. The first-order chi connectivity index (χ1) is 14.6. The van der Waals surface area contributed by atoms with Crippen LogP contribution in [0.25, 0.3) is 0 Å². The number of anilines is 1. The van der Waals surface area contributed by atoms with Crippen LogP contribution in [-0.2, 0) is 13.0 Å². The van der Waals surface area contributed by atoms with Crippen molar-refractivity contribution < 1.29 is 4.92 Å². The molecule has 4 rings (SSSR count). The number of rotatable bonds is 5. The molecule has 150 valence electrons. The zero-order valence-electron chi connectivity index (χ0n) is 16.0. The molecule has 1 aliphatic heterocycles. The van der Waals surface area contributed by atoms with E-state index in [1.807, 2.05) is 6.07 Å². The minimum absolute atomic E-state index is 0.0535.